The SMILES string of the molecule is CC(C)C1CCCCC1NC(=O)c1ccc(O)cc1. The highest BCUT2D eigenvalue weighted by atomic mass is 16.3. The first-order valence-electron chi connectivity index (χ1n) is 7.18. The van der Waals surface area contributed by atoms with Crippen molar-refractivity contribution in [2.45, 2.75) is 45.6 Å². The van der Waals surface area contributed by atoms with E-state index in [1.54, 1.807) is 24.3 Å². The third kappa shape index (κ3) is 3.49. The van der Waals surface area contributed by atoms with E-state index >= 15 is 0 Å². The molecule has 1 aliphatic rings. The molecule has 0 aliphatic heterocycles. The first-order chi connectivity index (χ1) is 9.08. The molecule has 0 bridgehead atoms. The second kappa shape index (κ2) is 6.09. The maximum absolute atomic E-state index is 12.2. The maximum atomic E-state index is 12.2. The molecule has 2 N–H and O–H groups in total. The van der Waals surface area contributed by atoms with E-state index < -0.39 is 0 Å². The maximum Gasteiger partial charge on any atom is 0.251 e. The number of amides is 1. The average molecular weight is 261 g/mol. The van der Waals surface area contributed by atoms with E-state index in [0.717, 1.165) is 6.42 Å². The Bertz CT molecular complexity index is 425. The number of hydrogen-bond acceptors (Lipinski definition) is 2. The van der Waals surface area contributed by atoms with Crippen LogP contribution in [-0.2, 0) is 0 Å². The Balaban J connectivity index is 2.02. The van der Waals surface area contributed by atoms with Gasteiger partial charge in [-0.05, 0) is 48.9 Å². The van der Waals surface area contributed by atoms with Gasteiger partial charge in [-0.1, -0.05) is 26.7 Å². The molecule has 1 aromatic carbocycles. The zero-order valence-corrected chi connectivity index (χ0v) is 11.7. The van der Waals surface area contributed by atoms with Gasteiger partial charge in [-0.3, -0.25) is 4.79 Å². The normalized spacial score (nSPS) is 23.3. The van der Waals surface area contributed by atoms with E-state index in [0.29, 0.717) is 17.4 Å². The van der Waals surface area contributed by atoms with Crippen molar-refractivity contribution in [3.63, 3.8) is 0 Å². The molecule has 1 saturated carbocycles. The minimum Gasteiger partial charge on any atom is -0.508 e. The highest BCUT2D eigenvalue weighted by molar-refractivity contribution is 5.94. The van der Waals surface area contributed by atoms with Crippen LogP contribution in [0.5, 0.6) is 5.75 Å². The first kappa shape index (κ1) is 13.9. The van der Waals surface area contributed by atoms with Crippen LogP contribution in [0.25, 0.3) is 0 Å². The number of hydrogen-bond donors (Lipinski definition) is 2. The first-order valence-corrected chi connectivity index (χ1v) is 7.18. The molecule has 1 fully saturated rings. The molecule has 0 spiro atoms. The number of aromatic hydroxyl groups is 1. The van der Waals surface area contributed by atoms with Crippen LogP contribution in [0.2, 0.25) is 0 Å². The fourth-order valence-corrected chi connectivity index (χ4v) is 3.00. The van der Waals surface area contributed by atoms with Gasteiger partial charge in [0.2, 0.25) is 0 Å². The number of phenolic OH excluding ortho intramolecular Hbond substituents is 1. The molecular weight excluding hydrogens is 238 g/mol. The Morgan fingerprint density at radius 3 is 2.47 bits per heavy atom. The zero-order valence-electron chi connectivity index (χ0n) is 11.7. The molecule has 1 aliphatic carbocycles. The van der Waals surface area contributed by atoms with Gasteiger partial charge in [0, 0.05) is 11.6 Å². The quantitative estimate of drug-likeness (QED) is 0.876. The number of nitrogens with one attached hydrogen (secondary N) is 1. The Labute approximate surface area is 115 Å². The van der Waals surface area contributed by atoms with Crippen molar-refractivity contribution in [2.75, 3.05) is 0 Å². The van der Waals surface area contributed by atoms with Gasteiger partial charge in [-0.25, -0.2) is 0 Å². The third-order valence-electron chi connectivity index (χ3n) is 4.12. The summed E-state index contributed by atoms with van der Waals surface area (Å²) in [6.45, 7) is 4.46. The average Bonchev–Trinajstić information content (AvgIpc) is 2.39. The van der Waals surface area contributed by atoms with Crippen molar-refractivity contribution in [3.8, 4) is 5.75 Å². The van der Waals surface area contributed by atoms with Crippen LogP contribution < -0.4 is 5.32 Å². The molecule has 1 aromatic rings. The number of phenols is 1. The lowest BCUT2D eigenvalue weighted by atomic mass is 9.78. The largest absolute Gasteiger partial charge is 0.508 e. The summed E-state index contributed by atoms with van der Waals surface area (Å²) >= 11 is 0. The van der Waals surface area contributed by atoms with Crippen LogP contribution in [0.4, 0.5) is 0 Å². The van der Waals surface area contributed by atoms with Gasteiger partial charge in [-0.2, -0.15) is 0 Å². The summed E-state index contributed by atoms with van der Waals surface area (Å²) in [4.78, 5) is 12.2. The van der Waals surface area contributed by atoms with Crippen LogP contribution in [0.3, 0.4) is 0 Å². The number of carbonyl (C=O) groups excluding carboxylic acids is 1. The van der Waals surface area contributed by atoms with Gasteiger partial charge < -0.3 is 10.4 Å². The summed E-state index contributed by atoms with van der Waals surface area (Å²) in [5, 5.41) is 12.4. The summed E-state index contributed by atoms with van der Waals surface area (Å²) in [5.74, 6) is 1.34. The van der Waals surface area contributed by atoms with E-state index in [-0.39, 0.29) is 17.7 Å². The Morgan fingerprint density at radius 2 is 1.84 bits per heavy atom. The molecule has 2 atom stereocenters. The molecule has 0 aromatic heterocycles. The summed E-state index contributed by atoms with van der Waals surface area (Å²) in [5.41, 5.74) is 0.617. The van der Waals surface area contributed by atoms with Crippen molar-refractivity contribution in [1.29, 1.82) is 0 Å². The molecule has 2 unspecified atom stereocenters. The number of carbonyl (C=O) groups is 1. The van der Waals surface area contributed by atoms with Crippen LogP contribution in [-0.4, -0.2) is 17.1 Å². The lowest BCUT2D eigenvalue weighted by Crippen LogP contribution is -2.43. The van der Waals surface area contributed by atoms with Gasteiger partial charge in [0.05, 0.1) is 0 Å². The second-order valence-corrected chi connectivity index (χ2v) is 5.82. The molecule has 0 heterocycles. The van der Waals surface area contributed by atoms with Gasteiger partial charge >= 0.3 is 0 Å². The van der Waals surface area contributed by atoms with Gasteiger partial charge in [0.25, 0.3) is 5.91 Å². The zero-order chi connectivity index (χ0) is 13.8. The van der Waals surface area contributed by atoms with Crippen molar-refractivity contribution in [2.24, 2.45) is 11.8 Å². The van der Waals surface area contributed by atoms with Gasteiger partial charge in [0.15, 0.2) is 0 Å². The summed E-state index contributed by atoms with van der Waals surface area (Å²) in [6.07, 6.45) is 4.75. The second-order valence-electron chi connectivity index (χ2n) is 5.82. The van der Waals surface area contributed by atoms with Gasteiger partial charge in [0.1, 0.15) is 5.75 Å². The predicted octanol–water partition coefficient (Wildman–Crippen LogP) is 3.34. The Hall–Kier alpha value is -1.51. The summed E-state index contributed by atoms with van der Waals surface area (Å²) in [7, 11) is 0. The molecule has 3 heteroatoms. The predicted molar refractivity (Wildman–Crippen MR) is 76.2 cm³/mol. The van der Waals surface area contributed by atoms with Crippen molar-refractivity contribution in [3.05, 3.63) is 29.8 Å². The van der Waals surface area contributed by atoms with E-state index in [9.17, 15) is 9.90 Å². The third-order valence-corrected chi connectivity index (χ3v) is 4.12. The van der Waals surface area contributed by atoms with Crippen molar-refractivity contribution in [1.82, 2.24) is 5.32 Å². The number of rotatable bonds is 3. The smallest absolute Gasteiger partial charge is 0.251 e. The van der Waals surface area contributed by atoms with Gasteiger partial charge in [-0.15, -0.1) is 0 Å². The van der Waals surface area contributed by atoms with E-state index in [1.165, 1.54) is 19.3 Å². The molecule has 3 nitrogen and oxygen atoms in total. The van der Waals surface area contributed by atoms with Crippen LogP contribution in [0, 0.1) is 11.8 Å². The fourth-order valence-electron chi connectivity index (χ4n) is 3.00. The minimum absolute atomic E-state index is 0.0300. The van der Waals surface area contributed by atoms with Crippen LogP contribution in [0.15, 0.2) is 24.3 Å². The molecule has 19 heavy (non-hydrogen) atoms. The van der Waals surface area contributed by atoms with E-state index in [1.807, 2.05) is 0 Å². The minimum atomic E-state index is -0.0300. The summed E-state index contributed by atoms with van der Waals surface area (Å²) < 4.78 is 0. The lowest BCUT2D eigenvalue weighted by Gasteiger charge is -2.34. The Morgan fingerprint density at radius 1 is 1.21 bits per heavy atom. The molecule has 1 amide bonds. The Kier molecular flexibility index (Phi) is 4.46. The van der Waals surface area contributed by atoms with E-state index in [2.05, 4.69) is 19.2 Å². The standard InChI is InChI=1S/C16H23NO2/c1-11(2)14-5-3-4-6-15(14)17-16(19)12-7-9-13(18)10-8-12/h7-11,14-15,18H,3-6H2,1-2H3,(H,17,19). The van der Waals surface area contributed by atoms with Crippen molar-refractivity contribution >= 4 is 5.91 Å². The molecule has 0 saturated heterocycles. The van der Waals surface area contributed by atoms with Crippen LogP contribution >= 0.6 is 0 Å². The molecule has 104 valence electrons. The summed E-state index contributed by atoms with van der Waals surface area (Å²) in [6, 6.07) is 6.72. The number of benzene rings is 1. The molecular formula is C16H23NO2. The molecule has 0 radical (unpaired) electrons. The highest BCUT2D eigenvalue weighted by Crippen LogP contribution is 2.30. The lowest BCUT2D eigenvalue weighted by molar-refractivity contribution is 0.0889. The van der Waals surface area contributed by atoms with E-state index in [4.69, 9.17) is 0 Å². The van der Waals surface area contributed by atoms with Crippen molar-refractivity contribution < 1.29 is 9.90 Å². The topological polar surface area (TPSA) is 49.3 Å². The fraction of sp³-hybridized carbons (Fsp3) is 0.562. The van der Waals surface area contributed by atoms with Crippen LogP contribution in [0.1, 0.15) is 49.9 Å². The molecule has 2 rings (SSSR count). The highest BCUT2D eigenvalue weighted by Gasteiger charge is 2.28. The monoisotopic (exact) mass is 261 g/mol.